The fourth-order valence-electron chi connectivity index (χ4n) is 3.92. The number of carbonyl (C=O) groups is 1. The number of halogens is 1. The molecule has 210 valence electrons. The maximum atomic E-state index is 13.2. The van der Waals surface area contributed by atoms with Crippen LogP contribution in [-0.2, 0) is 14.8 Å². The average Bonchev–Trinajstić information content (AvgIpc) is 3.19. The lowest BCUT2D eigenvalue weighted by molar-refractivity contribution is -0.121. The smallest absolute Gasteiger partial charge is 0.284 e. The van der Waals surface area contributed by atoms with Gasteiger partial charge in [-0.1, -0.05) is 69.2 Å². The Balaban J connectivity index is 1.76. The maximum Gasteiger partial charge on any atom is 0.284 e. The van der Waals surface area contributed by atoms with Gasteiger partial charge in [0.05, 0.1) is 23.5 Å². The van der Waals surface area contributed by atoms with Crippen molar-refractivity contribution in [3.8, 4) is 11.5 Å². The number of thioether (sulfide) groups is 1. The first kappa shape index (κ1) is 30.8. The normalized spacial score (nSPS) is 15.8. The van der Waals surface area contributed by atoms with Crippen LogP contribution >= 0.6 is 23.4 Å². The van der Waals surface area contributed by atoms with Crippen molar-refractivity contribution >= 4 is 50.5 Å². The molecule has 39 heavy (non-hydrogen) atoms. The zero-order valence-electron chi connectivity index (χ0n) is 22.4. The van der Waals surface area contributed by atoms with Crippen LogP contribution in [0, 0.1) is 0 Å². The van der Waals surface area contributed by atoms with Gasteiger partial charge in [-0.15, -0.1) is 11.0 Å². The number of unbranched alkanes of at least 4 members (excludes halogenated alkanes) is 6. The Bertz CT molecular complexity index is 1310. The quantitative estimate of drug-likeness (QED) is 0.123. The monoisotopic (exact) mass is 590 g/mol. The first-order valence-corrected chi connectivity index (χ1v) is 15.7. The van der Waals surface area contributed by atoms with Crippen molar-refractivity contribution in [1.29, 1.82) is 0 Å². The van der Waals surface area contributed by atoms with Gasteiger partial charge < -0.3 is 9.47 Å². The van der Waals surface area contributed by atoms with Gasteiger partial charge in [0.2, 0.25) is 0 Å². The number of benzene rings is 2. The Morgan fingerprint density at radius 2 is 1.72 bits per heavy atom. The van der Waals surface area contributed by atoms with Crippen LogP contribution in [0.5, 0.6) is 11.5 Å². The van der Waals surface area contributed by atoms with Crippen LogP contribution in [-0.4, -0.2) is 44.7 Å². The van der Waals surface area contributed by atoms with Crippen molar-refractivity contribution in [1.82, 2.24) is 4.90 Å². The molecule has 0 N–H and O–H groups in total. The summed E-state index contributed by atoms with van der Waals surface area (Å²) in [7, 11) is -2.47. The number of rotatable bonds is 15. The predicted molar refractivity (Wildman–Crippen MR) is 160 cm³/mol. The SMILES string of the molecule is C=CCN1C(=O)C(=Cc2ccc(OC)c(OCCCCCCCCC)c2)SC1=NS(=O)(=O)c1ccc(Cl)cc1. The summed E-state index contributed by atoms with van der Waals surface area (Å²) in [4.78, 5) is 14.8. The summed E-state index contributed by atoms with van der Waals surface area (Å²) in [5.74, 6) is 0.844. The molecule has 2 aromatic carbocycles. The lowest BCUT2D eigenvalue weighted by Gasteiger charge is -2.12. The molecule has 0 aromatic heterocycles. The standard InChI is InChI=1S/C29H35ClN2O5S2/c1-4-6-7-8-9-10-11-19-37-26-20-22(12-17-25(26)36-3)21-27-28(33)32(18-5-2)29(38-27)31-39(34,35)24-15-13-23(30)14-16-24/h5,12-17,20-21H,2,4,6-11,18-19H2,1,3H3. The molecule has 3 rings (SSSR count). The topological polar surface area (TPSA) is 85.3 Å². The first-order chi connectivity index (χ1) is 18.8. The van der Waals surface area contributed by atoms with E-state index in [0.717, 1.165) is 30.2 Å². The number of hydrogen-bond acceptors (Lipinski definition) is 6. The van der Waals surface area contributed by atoms with E-state index >= 15 is 0 Å². The van der Waals surface area contributed by atoms with Gasteiger partial charge in [-0.25, -0.2) is 0 Å². The molecular weight excluding hydrogens is 556 g/mol. The lowest BCUT2D eigenvalue weighted by atomic mass is 10.1. The zero-order valence-corrected chi connectivity index (χ0v) is 24.8. The Morgan fingerprint density at radius 1 is 1.03 bits per heavy atom. The minimum Gasteiger partial charge on any atom is -0.493 e. The Morgan fingerprint density at radius 3 is 2.38 bits per heavy atom. The third kappa shape index (κ3) is 8.88. The third-order valence-corrected chi connectivity index (χ3v) is 8.66. The molecular formula is C29H35ClN2O5S2. The number of carbonyl (C=O) groups excluding carboxylic acids is 1. The molecule has 1 saturated heterocycles. The predicted octanol–water partition coefficient (Wildman–Crippen LogP) is 7.33. The Kier molecular flexibility index (Phi) is 12.0. The van der Waals surface area contributed by atoms with Gasteiger partial charge in [-0.05, 0) is 66.2 Å². The van der Waals surface area contributed by atoms with E-state index in [9.17, 15) is 13.2 Å². The second-order valence-corrected chi connectivity index (χ2v) is 12.0. The summed E-state index contributed by atoms with van der Waals surface area (Å²) in [5, 5.41) is 0.473. The van der Waals surface area contributed by atoms with Crippen LogP contribution in [0.1, 0.15) is 57.4 Å². The summed E-state index contributed by atoms with van der Waals surface area (Å²) in [5.41, 5.74) is 0.724. The molecule has 0 spiro atoms. The number of sulfonamides is 1. The van der Waals surface area contributed by atoms with Gasteiger partial charge in [0.15, 0.2) is 16.7 Å². The highest BCUT2D eigenvalue weighted by atomic mass is 35.5. The Labute approximate surface area is 241 Å². The van der Waals surface area contributed by atoms with Gasteiger partial charge >= 0.3 is 0 Å². The number of ether oxygens (including phenoxy) is 2. The molecule has 2 aromatic rings. The zero-order chi connectivity index (χ0) is 28.3. The number of amides is 1. The maximum absolute atomic E-state index is 13.2. The van der Waals surface area contributed by atoms with Crippen molar-refractivity contribution in [2.45, 2.75) is 56.8 Å². The van der Waals surface area contributed by atoms with Crippen molar-refractivity contribution < 1.29 is 22.7 Å². The van der Waals surface area contributed by atoms with E-state index in [0.29, 0.717) is 28.0 Å². The Hall–Kier alpha value is -2.75. The molecule has 1 amide bonds. The lowest BCUT2D eigenvalue weighted by Crippen LogP contribution is -2.29. The van der Waals surface area contributed by atoms with Gasteiger partial charge in [-0.3, -0.25) is 9.69 Å². The van der Waals surface area contributed by atoms with Crippen LogP contribution in [0.15, 0.2) is 69.3 Å². The van der Waals surface area contributed by atoms with Crippen molar-refractivity contribution in [3.63, 3.8) is 0 Å². The van der Waals surface area contributed by atoms with Crippen LogP contribution in [0.25, 0.3) is 6.08 Å². The molecule has 7 nitrogen and oxygen atoms in total. The molecule has 1 heterocycles. The van der Waals surface area contributed by atoms with Crippen LogP contribution in [0.2, 0.25) is 5.02 Å². The van der Waals surface area contributed by atoms with Gasteiger partial charge in [0, 0.05) is 11.6 Å². The summed E-state index contributed by atoms with van der Waals surface area (Å²) < 4.78 is 41.2. The van der Waals surface area contributed by atoms with E-state index < -0.39 is 10.0 Å². The van der Waals surface area contributed by atoms with Crippen molar-refractivity contribution in [3.05, 3.63) is 70.6 Å². The second kappa shape index (κ2) is 15.1. The number of nitrogens with zero attached hydrogens (tertiary/aromatic N) is 2. The largest absolute Gasteiger partial charge is 0.493 e. The van der Waals surface area contributed by atoms with Crippen LogP contribution in [0.3, 0.4) is 0 Å². The third-order valence-electron chi connectivity index (χ3n) is 6.00. The number of amidine groups is 1. The molecule has 0 bridgehead atoms. The van der Waals surface area contributed by atoms with Crippen molar-refractivity contribution in [2.75, 3.05) is 20.3 Å². The van der Waals surface area contributed by atoms with Crippen molar-refractivity contribution in [2.24, 2.45) is 4.40 Å². The van der Waals surface area contributed by atoms with E-state index in [-0.39, 0.29) is 22.5 Å². The fraction of sp³-hybridized carbons (Fsp3) is 0.379. The van der Waals surface area contributed by atoms with E-state index in [2.05, 4.69) is 17.9 Å². The number of methoxy groups -OCH3 is 1. The van der Waals surface area contributed by atoms with E-state index in [4.69, 9.17) is 21.1 Å². The molecule has 0 radical (unpaired) electrons. The summed E-state index contributed by atoms with van der Waals surface area (Å²) in [6, 6.07) is 11.1. The molecule has 1 aliphatic rings. The second-order valence-electron chi connectivity index (χ2n) is 9.00. The average molecular weight is 591 g/mol. The number of hydrogen-bond donors (Lipinski definition) is 0. The molecule has 0 aliphatic carbocycles. The summed E-state index contributed by atoms with van der Waals surface area (Å²) in [6.07, 6.45) is 11.5. The van der Waals surface area contributed by atoms with Crippen LogP contribution in [0.4, 0.5) is 0 Å². The summed E-state index contributed by atoms with van der Waals surface area (Å²) in [6.45, 7) is 6.59. The molecule has 1 fully saturated rings. The highest BCUT2D eigenvalue weighted by molar-refractivity contribution is 8.19. The summed E-state index contributed by atoms with van der Waals surface area (Å²) >= 11 is 6.88. The van der Waals surface area contributed by atoms with E-state index in [1.54, 1.807) is 19.3 Å². The van der Waals surface area contributed by atoms with E-state index in [1.165, 1.54) is 67.3 Å². The molecule has 0 saturated carbocycles. The van der Waals surface area contributed by atoms with Crippen LogP contribution < -0.4 is 9.47 Å². The molecule has 0 atom stereocenters. The molecule has 1 aliphatic heterocycles. The minimum atomic E-state index is -4.05. The molecule has 10 heteroatoms. The van der Waals surface area contributed by atoms with E-state index in [1.807, 2.05) is 12.1 Å². The highest BCUT2D eigenvalue weighted by Gasteiger charge is 2.34. The first-order valence-electron chi connectivity index (χ1n) is 13.0. The van der Waals surface area contributed by atoms with Gasteiger partial charge in [0.1, 0.15) is 0 Å². The highest BCUT2D eigenvalue weighted by Crippen LogP contribution is 2.35. The minimum absolute atomic E-state index is 0.0127. The molecule has 0 unspecified atom stereocenters. The van der Waals surface area contributed by atoms with Gasteiger partial charge in [-0.2, -0.15) is 8.42 Å². The van der Waals surface area contributed by atoms with Gasteiger partial charge in [0.25, 0.3) is 15.9 Å². The fourth-order valence-corrected chi connectivity index (χ4v) is 6.23.